The molecular weight excluding hydrogens is 592 g/mol. The summed E-state index contributed by atoms with van der Waals surface area (Å²) in [6, 6.07) is 12.7. The quantitative estimate of drug-likeness (QED) is 0.262. The highest BCUT2D eigenvalue weighted by molar-refractivity contribution is 6.32. The maximum absolute atomic E-state index is 13.2. The van der Waals surface area contributed by atoms with Gasteiger partial charge in [0.25, 0.3) is 0 Å². The molecule has 2 aromatic carbocycles. The Morgan fingerprint density at radius 3 is 2.51 bits per heavy atom. The first-order chi connectivity index (χ1) is 19.5. The van der Waals surface area contributed by atoms with Crippen LogP contribution in [0.4, 0.5) is 23.9 Å². The SMILES string of the molecule is O=C1NCC(CNc2nc(Cn3nc(-c4ccc(Cl)cc4)n(CC(O)C(F)(F)F)c3=O)nn2-c2ccccc2Cl)O1. The van der Waals surface area contributed by atoms with Crippen LogP contribution in [0.1, 0.15) is 5.82 Å². The van der Waals surface area contributed by atoms with Gasteiger partial charge < -0.3 is 20.5 Å². The van der Waals surface area contributed by atoms with Gasteiger partial charge in [-0.15, -0.1) is 10.2 Å². The molecule has 2 atom stereocenters. The van der Waals surface area contributed by atoms with E-state index in [1.807, 2.05) is 0 Å². The van der Waals surface area contributed by atoms with E-state index in [1.165, 1.54) is 28.9 Å². The molecule has 41 heavy (non-hydrogen) atoms. The fourth-order valence-electron chi connectivity index (χ4n) is 4.01. The third-order valence-corrected chi connectivity index (χ3v) is 6.59. The number of cyclic esters (lactones) is 1. The topological polar surface area (TPSA) is 141 Å². The molecule has 17 heteroatoms. The molecule has 5 rings (SSSR count). The fraction of sp³-hybridized carbons (Fsp3) is 0.292. The summed E-state index contributed by atoms with van der Waals surface area (Å²) in [5.74, 6) is 0.156. The van der Waals surface area contributed by atoms with Crippen LogP contribution < -0.4 is 16.3 Å². The summed E-state index contributed by atoms with van der Waals surface area (Å²) < 4.78 is 47.7. The Hall–Kier alpha value is -4.08. The molecule has 0 radical (unpaired) electrons. The number of ether oxygens (including phenoxy) is 1. The summed E-state index contributed by atoms with van der Waals surface area (Å²) >= 11 is 12.3. The molecule has 0 aliphatic carbocycles. The Kier molecular flexibility index (Phi) is 7.93. The normalized spacial score (nSPS) is 16.0. The number of aliphatic hydroxyl groups is 1. The first kappa shape index (κ1) is 28.4. The lowest BCUT2D eigenvalue weighted by Gasteiger charge is -2.15. The Bertz CT molecular complexity index is 1620. The molecule has 216 valence electrons. The van der Waals surface area contributed by atoms with Gasteiger partial charge in [-0.2, -0.15) is 22.8 Å². The molecule has 1 aliphatic heterocycles. The standard InChI is InChI=1S/C24H21Cl2F3N8O4/c25-14-7-5-13(6-8-14)20-34-36(23(40)35(20)11-18(38)24(27,28)29)12-19-32-21(30-9-15-10-31-22(39)41-15)37(33-19)17-4-2-1-3-16(17)26/h1-8,15,18,38H,9-12H2,(H,31,39)(H,30,32,33). The van der Waals surface area contributed by atoms with Crippen molar-refractivity contribution in [3.63, 3.8) is 0 Å². The van der Waals surface area contributed by atoms with Crippen LogP contribution in [0, 0.1) is 0 Å². The van der Waals surface area contributed by atoms with Crippen molar-refractivity contribution >= 4 is 35.2 Å². The van der Waals surface area contributed by atoms with Crippen molar-refractivity contribution in [1.82, 2.24) is 34.4 Å². The lowest BCUT2D eigenvalue weighted by Crippen LogP contribution is -2.37. The third kappa shape index (κ3) is 6.31. The Morgan fingerprint density at radius 1 is 1.12 bits per heavy atom. The minimum Gasteiger partial charge on any atom is -0.442 e. The van der Waals surface area contributed by atoms with Gasteiger partial charge in [0.05, 0.1) is 30.3 Å². The zero-order chi connectivity index (χ0) is 29.3. The zero-order valence-corrected chi connectivity index (χ0v) is 22.4. The number of rotatable bonds is 9. The number of alkyl halides is 3. The lowest BCUT2D eigenvalue weighted by atomic mass is 10.2. The number of alkyl carbamates (subject to hydrolysis) is 1. The van der Waals surface area contributed by atoms with Gasteiger partial charge in [0.2, 0.25) is 5.95 Å². The van der Waals surface area contributed by atoms with Crippen molar-refractivity contribution in [3.05, 3.63) is 74.9 Å². The molecule has 3 heterocycles. The summed E-state index contributed by atoms with van der Waals surface area (Å²) in [6.45, 7) is -0.960. The van der Waals surface area contributed by atoms with E-state index in [0.717, 1.165) is 9.25 Å². The molecule has 2 unspecified atom stereocenters. The van der Waals surface area contributed by atoms with Crippen molar-refractivity contribution in [2.75, 3.05) is 18.4 Å². The van der Waals surface area contributed by atoms with Crippen LogP contribution in [0.3, 0.4) is 0 Å². The van der Waals surface area contributed by atoms with Crippen LogP contribution in [0.25, 0.3) is 17.1 Å². The van der Waals surface area contributed by atoms with Crippen LogP contribution in [0.5, 0.6) is 0 Å². The number of anilines is 1. The number of carbonyl (C=O) groups excluding carboxylic acids is 1. The average molecular weight is 613 g/mol. The van der Waals surface area contributed by atoms with E-state index < -0.39 is 36.7 Å². The third-order valence-electron chi connectivity index (χ3n) is 6.02. The highest BCUT2D eigenvalue weighted by Crippen LogP contribution is 2.25. The Labute approximate surface area is 239 Å². The molecule has 1 aliphatic rings. The van der Waals surface area contributed by atoms with Crippen LogP contribution >= 0.6 is 23.2 Å². The highest BCUT2D eigenvalue weighted by Gasteiger charge is 2.39. The second-order valence-corrected chi connectivity index (χ2v) is 9.79. The largest absolute Gasteiger partial charge is 0.442 e. The fourth-order valence-corrected chi connectivity index (χ4v) is 4.35. The zero-order valence-electron chi connectivity index (χ0n) is 20.8. The minimum atomic E-state index is -4.96. The number of para-hydroxylation sites is 1. The number of hydrogen-bond donors (Lipinski definition) is 3. The van der Waals surface area contributed by atoms with Gasteiger partial charge in [0.15, 0.2) is 17.8 Å². The van der Waals surface area contributed by atoms with E-state index in [9.17, 15) is 27.9 Å². The average Bonchev–Trinajstić information content (AvgIpc) is 3.61. The molecule has 4 aromatic rings. The summed E-state index contributed by atoms with van der Waals surface area (Å²) in [5.41, 5.74) is -0.174. The van der Waals surface area contributed by atoms with Crippen molar-refractivity contribution in [1.29, 1.82) is 0 Å². The van der Waals surface area contributed by atoms with Crippen LogP contribution in [0.2, 0.25) is 10.0 Å². The molecule has 1 saturated heterocycles. The second-order valence-electron chi connectivity index (χ2n) is 8.94. The maximum atomic E-state index is 13.2. The van der Waals surface area contributed by atoms with E-state index in [4.69, 9.17) is 27.9 Å². The summed E-state index contributed by atoms with van der Waals surface area (Å²) in [5, 5.41) is 24.7. The molecule has 1 fully saturated rings. The highest BCUT2D eigenvalue weighted by atomic mass is 35.5. The number of amides is 1. The minimum absolute atomic E-state index is 0.0692. The Morgan fingerprint density at radius 2 is 1.85 bits per heavy atom. The molecule has 3 N–H and O–H groups in total. The van der Waals surface area contributed by atoms with Gasteiger partial charge in [0, 0.05) is 10.6 Å². The van der Waals surface area contributed by atoms with Crippen LogP contribution in [-0.2, 0) is 17.8 Å². The maximum Gasteiger partial charge on any atom is 0.416 e. The number of hydrogen-bond acceptors (Lipinski definition) is 8. The van der Waals surface area contributed by atoms with E-state index in [-0.39, 0.29) is 37.2 Å². The van der Waals surface area contributed by atoms with E-state index in [2.05, 4.69) is 25.8 Å². The van der Waals surface area contributed by atoms with Crippen molar-refractivity contribution < 1.29 is 27.8 Å². The number of halogens is 5. The number of nitrogens with one attached hydrogen (secondary N) is 2. The number of aromatic nitrogens is 6. The number of aliphatic hydroxyl groups excluding tert-OH is 1. The predicted molar refractivity (Wildman–Crippen MR) is 141 cm³/mol. The first-order valence-corrected chi connectivity index (χ1v) is 12.8. The first-order valence-electron chi connectivity index (χ1n) is 12.1. The van der Waals surface area contributed by atoms with E-state index >= 15 is 0 Å². The van der Waals surface area contributed by atoms with Crippen molar-refractivity contribution in [3.8, 4) is 17.1 Å². The molecule has 12 nitrogen and oxygen atoms in total. The van der Waals surface area contributed by atoms with Gasteiger partial charge >= 0.3 is 18.0 Å². The van der Waals surface area contributed by atoms with Gasteiger partial charge in [-0.1, -0.05) is 35.3 Å². The second kappa shape index (κ2) is 11.4. The van der Waals surface area contributed by atoms with Gasteiger partial charge in [-0.25, -0.2) is 14.3 Å². The summed E-state index contributed by atoms with van der Waals surface area (Å²) in [4.78, 5) is 29.1. The summed E-state index contributed by atoms with van der Waals surface area (Å²) in [7, 11) is 0. The monoisotopic (exact) mass is 612 g/mol. The number of benzene rings is 2. The molecule has 0 spiro atoms. The van der Waals surface area contributed by atoms with Crippen LogP contribution in [-0.4, -0.2) is 71.8 Å². The number of nitrogens with zero attached hydrogens (tertiary/aromatic N) is 6. The smallest absolute Gasteiger partial charge is 0.416 e. The van der Waals surface area contributed by atoms with Gasteiger partial charge in [-0.05, 0) is 36.4 Å². The van der Waals surface area contributed by atoms with Gasteiger partial charge in [0.1, 0.15) is 12.6 Å². The lowest BCUT2D eigenvalue weighted by molar-refractivity contribution is -0.207. The Balaban J connectivity index is 1.50. The summed E-state index contributed by atoms with van der Waals surface area (Å²) in [6.07, 6.45) is -8.80. The molecular formula is C24H21Cl2F3N8O4. The molecule has 0 saturated carbocycles. The molecule has 2 aromatic heterocycles. The van der Waals surface area contributed by atoms with E-state index in [1.54, 1.807) is 24.3 Å². The van der Waals surface area contributed by atoms with Gasteiger partial charge in [-0.3, -0.25) is 4.57 Å². The van der Waals surface area contributed by atoms with Crippen LogP contribution in [0.15, 0.2) is 53.3 Å². The van der Waals surface area contributed by atoms with Crippen molar-refractivity contribution in [2.45, 2.75) is 31.5 Å². The van der Waals surface area contributed by atoms with E-state index in [0.29, 0.717) is 21.3 Å². The van der Waals surface area contributed by atoms with Crippen molar-refractivity contribution in [2.24, 2.45) is 0 Å². The molecule has 1 amide bonds. The predicted octanol–water partition coefficient (Wildman–Crippen LogP) is 3.09. The molecule has 0 bridgehead atoms. The number of carbonyl (C=O) groups is 1.